The summed E-state index contributed by atoms with van der Waals surface area (Å²) in [6.07, 6.45) is 13.8. The Morgan fingerprint density at radius 3 is 2.78 bits per heavy atom. The molecule has 3 heteroatoms. The number of rotatable bonds is 2. The van der Waals surface area contributed by atoms with E-state index in [9.17, 15) is 9.59 Å². The largest absolute Gasteiger partial charge is 0.355 e. The van der Waals surface area contributed by atoms with Crippen LogP contribution in [0.3, 0.4) is 0 Å². The molecule has 0 aromatic heterocycles. The lowest BCUT2D eigenvalue weighted by molar-refractivity contribution is -0.111. The van der Waals surface area contributed by atoms with Gasteiger partial charge in [-0.1, -0.05) is 25.5 Å². The molecule has 1 N–H and O–H groups in total. The molecule has 3 saturated carbocycles. The Hall–Kier alpha value is -1.38. The van der Waals surface area contributed by atoms with Gasteiger partial charge in [-0.25, -0.2) is 0 Å². The lowest BCUT2D eigenvalue weighted by Gasteiger charge is -2.56. The molecule has 0 aliphatic heterocycles. The maximum atomic E-state index is 11.8. The fourth-order valence-corrected chi connectivity index (χ4v) is 6.55. The van der Waals surface area contributed by atoms with Crippen LogP contribution in [0.4, 0.5) is 0 Å². The van der Waals surface area contributed by atoms with Gasteiger partial charge in [-0.2, -0.15) is 0 Å². The number of hydrogen-bond donors (Lipinski definition) is 1. The number of carbonyl (C=O) groups excluding carboxylic acids is 2. The lowest BCUT2D eigenvalue weighted by Crippen LogP contribution is -2.52. The number of fused-ring (bicyclic) bond motifs is 5. The number of carbonyl (C=O) groups is 2. The second-order valence-electron chi connectivity index (χ2n) is 8.56. The molecule has 4 aliphatic carbocycles. The highest BCUT2D eigenvalue weighted by Crippen LogP contribution is 2.64. The van der Waals surface area contributed by atoms with Crippen LogP contribution in [0.2, 0.25) is 0 Å². The monoisotopic (exact) mass is 313 g/mol. The molecule has 124 valence electrons. The highest BCUT2D eigenvalue weighted by Gasteiger charge is 2.58. The molecule has 6 atom stereocenters. The number of hydrogen-bond acceptors (Lipinski definition) is 2. The van der Waals surface area contributed by atoms with Crippen LogP contribution in [-0.4, -0.2) is 18.2 Å². The minimum atomic E-state index is 0.0777. The van der Waals surface area contributed by atoms with Gasteiger partial charge in [0.2, 0.25) is 6.41 Å². The van der Waals surface area contributed by atoms with Crippen LogP contribution < -0.4 is 5.32 Å². The summed E-state index contributed by atoms with van der Waals surface area (Å²) in [7, 11) is 0. The van der Waals surface area contributed by atoms with Gasteiger partial charge in [0.1, 0.15) is 0 Å². The highest BCUT2D eigenvalue weighted by molar-refractivity contribution is 6.01. The molecule has 0 aromatic carbocycles. The summed E-state index contributed by atoms with van der Waals surface area (Å²) < 4.78 is 0. The predicted octanol–water partition coefficient (Wildman–Crippen LogP) is 3.41. The van der Waals surface area contributed by atoms with Gasteiger partial charge in [0.25, 0.3) is 0 Å². The second kappa shape index (κ2) is 5.06. The van der Waals surface area contributed by atoms with Crippen LogP contribution in [0, 0.1) is 28.6 Å². The molecular formula is C20H27NO2. The van der Waals surface area contributed by atoms with Gasteiger partial charge in [-0.15, -0.1) is 0 Å². The molecule has 4 rings (SSSR count). The zero-order valence-corrected chi connectivity index (χ0v) is 14.2. The van der Waals surface area contributed by atoms with Crippen molar-refractivity contribution in [2.75, 3.05) is 0 Å². The van der Waals surface area contributed by atoms with E-state index >= 15 is 0 Å². The topological polar surface area (TPSA) is 46.2 Å². The summed E-state index contributed by atoms with van der Waals surface area (Å²) in [6, 6.07) is 0.346. The molecule has 4 aliphatic rings. The van der Waals surface area contributed by atoms with E-state index < -0.39 is 0 Å². The predicted molar refractivity (Wildman–Crippen MR) is 89.6 cm³/mol. The van der Waals surface area contributed by atoms with Gasteiger partial charge in [0, 0.05) is 11.5 Å². The maximum absolute atomic E-state index is 11.8. The number of ketones is 1. The first-order valence-electron chi connectivity index (χ1n) is 9.13. The Labute approximate surface area is 138 Å². The fourth-order valence-electron chi connectivity index (χ4n) is 6.55. The van der Waals surface area contributed by atoms with Crippen LogP contribution in [0.5, 0.6) is 0 Å². The third-order valence-corrected chi connectivity index (χ3v) is 7.83. The van der Waals surface area contributed by atoms with Crippen molar-refractivity contribution in [3.63, 3.8) is 0 Å². The Morgan fingerprint density at radius 2 is 2.00 bits per heavy atom. The first kappa shape index (κ1) is 15.2. The Kier molecular flexibility index (Phi) is 3.33. The smallest absolute Gasteiger partial charge is 0.207 e. The Bertz CT molecular complexity index is 607. The minimum Gasteiger partial charge on any atom is -0.355 e. The van der Waals surface area contributed by atoms with Crippen molar-refractivity contribution in [3.8, 4) is 0 Å². The minimum absolute atomic E-state index is 0.0777. The first-order valence-corrected chi connectivity index (χ1v) is 9.13. The van der Waals surface area contributed by atoms with E-state index in [0.29, 0.717) is 17.9 Å². The Morgan fingerprint density at radius 1 is 1.17 bits per heavy atom. The third-order valence-electron chi connectivity index (χ3n) is 7.83. The Balaban J connectivity index is 1.66. The summed E-state index contributed by atoms with van der Waals surface area (Å²) in [5, 5.41) is 3.10. The van der Waals surface area contributed by atoms with E-state index in [1.54, 1.807) is 6.08 Å². The quantitative estimate of drug-likeness (QED) is 0.794. The van der Waals surface area contributed by atoms with Gasteiger partial charge in [-0.05, 0) is 73.8 Å². The van der Waals surface area contributed by atoms with Crippen molar-refractivity contribution in [3.05, 3.63) is 23.8 Å². The zero-order chi connectivity index (χ0) is 16.2. The van der Waals surface area contributed by atoms with Gasteiger partial charge >= 0.3 is 0 Å². The number of nitrogens with one attached hydrogen (secondary N) is 1. The lowest BCUT2D eigenvalue weighted by atomic mass is 9.48. The SMILES string of the molecule is C[C@]12CC[C@H]3[C@@H](CCC4=CC(=O)C=C[C@@]43C)[C@@H]1CC[C@@H]2NC=O. The molecule has 3 nitrogen and oxygen atoms in total. The zero-order valence-electron chi connectivity index (χ0n) is 14.2. The van der Waals surface area contributed by atoms with E-state index in [4.69, 9.17) is 0 Å². The molecule has 0 saturated heterocycles. The molecule has 0 heterocycles. The maximum Gasteiger partial charge on any atom is 0.207 e. The summed E-state index contributed by atoms with van der Waals surface area (Å²) in [5.74, 6) is 2.25. The third kappa shape index (κ3) is 2.01. The molecule has 0 bridgehead atoms. The van der Waals surface area contributed by atoms with Crippen molar-refractivity contribution in [2.24, 2.45) is 28.6 Å². The van der Waals surface area contributed by atoms with E-state index in [2.05, 4.69) is 25.2 Å². The molecule has 0 spiro atoms. The molecule has 23 heavy (non-hydrogen) atoms. The van der Waals surface area contributed by atoms with Gasteiger partial charge in [-0.3, -0.25) is 9.59 Å². The standard InChI is InChI=1S/C20H27NO2/c1-19-9-7-14(23)11-13(19)3-4-15-16-5-6-18(21-12-22)20(16,2)10-8-17(15)19/h7,9,11-12,15-18H,3-6,8,10H2,1-2H3,(H,21,22)/t15-,16-,17-,18-,19-,20-/m0/s1. The summed E-state index contributed by atoms with van der Waals surface area (Å²) >= 11 is 0. The molecular weight excluding hydrogens is 286 g/mol. The van der Waals surface area contributed by atoms with Crippen molar-refractivity contribution in [1.82, 2.24) is 5.32 Å². The van der Waals surface area contributed by atoms with Crippen LogP contribution in [0.15, 0.2) is 23.8 Å². The highest BCUT2D eigenvalue weighted by atomic mass is 16.1. The van der Waals surface area contributed by atoms with Crippen LogP contribution in [0.1, 0.15) is 52.4 Å². The molecule has 0 radical (unpaired) electrons. The molecule has 3 fully saturated rings. The molecule has 0 aromatic rings. The average molecular weight is 313 g/mol. The normalized spacial score (nSPS) is 48.1. The van der Waals surface area contributed by atoms with Crippen molar-refractivity contribution >= 4 is 12.2 Å². The number of amides is 1. The van der Waals surface area contributed by atoms with E-state index in [-0.39, 0.29) is 16.6 Å². The van der Waals surface area contributed by atoms with Gasteiger partial charge in [0.05, 0.1) is 0 Å². The van der Waals surface area contributed by atoms with Crippen LogP contribution in [0.25, 0.3) is 0 Å². The first-order chi connectivity index (χ1) is 11.0. The van der Waals surface area contributed by atoms with Gasteiger partial charge < -0.3 is 5.32 Å². The summed E-state index contributed by atoms with van der Waals surface area (Å²) in [4.78, 5) is 22.7. The van der Waals surface area contributed by atoms with Crippen LogP contribution >= 0.6 is 0 Å². The van der Waals surface area contributed by atoms with E-state index in [0.717, 1.165) is 25.2 Å². The second-order valence-corrected chi connectivity index (χ2v) is 8.56. The van der Waals surface area contributed by atoms with Crippen molar-refractivity contribution in [1.29, 1.82) is 0 Å². The number of allylic oxidation sites excluding steroid dienone is 4. The van der Waals surface area contributed by atoms with Crippen molar-refractivity contribution < 1.29 is 9.59 Å². The average Bonchev–Trinajstić information content (AvgIpc) is 2.85. The molecule has 0 unspecified atom stereocenters. The van der Waals surface area contributed by atoms with Gasteiger partial charge in [0.15, 0.2) is 5.78 Å². The summed E-state index contributed by atoms with van der Waals surface area (Å²) in [5.41, 5.74) is 1.69. The van der Waals surface area contributed by atoms with E-state index in [1.807, 2.05) is 6.08 Å². The van der Waals surface area contributed by atoms with Crippen LogP contribution in [-0.2, 0) is 9.59 Å². The van der Waals surface area contributed by atoms with E-state index in [1.165, 1.54) is 31.3 Å². The summed E-state index contributed by atoms with van der Waals surface area (Å²) in [6.45, 7) is 4.74. The molecule has 1 amide bonds. The fraction of sp³-hybridized carbons (Fsp3) is 0.700. The van der Waals surface area contributed by atoms with Crippen molar-refractivity contribution in [2.45, 2.75) is 58.4 Å².